The Balaban J connectivity index is 1.47. The molecule has 0 saturated heterocycles. The molecule has 0 radical (unpaired) electrons. The number of halogens is 1. The van der Waals surface area contributed by atoms with Gasteiger partial charge < -0.3 is 24.7 Å². The molecule has 0 atom stereocenters. The number of hydrogen-bond acceptors (Lipinski definition) is 5. The van der Waals surface area contributed by atoms with Crippen molar-refractivity contribution in [1.29, 1.82) is 0 Å². The van der Waals surface area contributed by atoms with Gasteiger partial charge in [0.2, 0.25) is 0 Å². The highest BCUT2D eigenvalue weighted by molar-refractivity contribution is 5.89. The van der Waals surface area contributed by atoms with E-state index in [9.17, 15) is 9.18 Å². The lowest BCUT2D eigenvalue weighted by atomic mass is 10.2. The minimum atomic E-state index is -0.363. The molecule has 8 nitrogen and oxygen atoms in total. The zero-order valence-corrected chi connectivity index (χ0v) is 17.6. The summed E-state index contributed by atoms with van der Waals surface area (Å²) in [4.78, 5) is 21.4. The molecule has 0 aliphatic carbocycles. The van der Waals surface area contributed by atoms with Crippen LogP contribution in [0.4, 0.5) is 14.9 Å². The summed E-state index contributed by atoms with van der Waals surface area (Å²) in [7, 11) is 3.08. The van der Waals surface area contributed by atoms with Gasteiger partial charge in [0.15, 0.2) is 17.1 Å². The van der Waals surface area contributed by atoms with Gasteiger partial charge in [0.05, 0.1) is 14.2 Å². The Morgan fingerprint density at radius 3 is 2.59 bits per heavy atom. The largest absolute Gasteiger partial charge is 0.493 e. The van der Waals surface area contributed by atoms with Gasteiger partial charge in [-0.15, -0.1) is 0 Å². The molecule has 2 aromatic heterocycles. The van der Waals surface area contributed by atoms with E-state index in [2.05, 4.69) is 20.6 Å². The van der Waals surface area contributed by atoms with Crippen LogP contribution < -0.4 is 20.1 Å². The summed E-state index contributed by atoms with van der Waals surface area (Å²) in [6.07, 6.45) is 1.69. The number of carbonyl (C=O) groups excluding carboxylic acids is 1. The maximum atomic E-state index is 13.4. The number of anilines is 1. The molecule has 4 aromatic rings. The second kappa shape index (κ2) is 9.34. The molecule has 2 aromatic carbocycles. The lowest BCUT2D eigenvalue weighted by Crippen LogP contribution is -2.31. The zero-order chi connectivity index (χ0) is 22.5. The first-order valence-corrected chi connectivity index (χ1v) is 9.93. The number of ether oxygens (including phenoxy) is 2. The third-order valence-electron chi connectivity index (χ3n) is 4.87. The Labute approximate surface area is 184 Å². The molecule has 0 unspecified atom stereocenters. The highest BCUT2D eigenvalue weighted by Gasteiger charge is 2.14. The maximum absolute atomic E-state index is 13.4. The number of fused-ring (bicyclic) bond motifs is 1. The topological polar surface area (TPSA) is 90.3 Å². The van der Waals surface area contributed by atoms with Crippen LogP contribution in [0, 0.1) is 5.82 Å². The number of rotatable bonds is 7. The fourth-order valence-corrected chi connectivity index (χ4v) is 3.36. The molecule has 2 amide bonds. The van der Waals surface area contributed by atoms with Crippen LogP contribution in [0.3, 0.4) is 0 Å². The first kappa shape index (κ1) is 21.1. The fourth-order valence-electron chi connectivity index (χ4n) is 3.36. The van der Waals surface area contributed by atoms with Crippen molar-refractivity contribution in [2.75, 3.05) is 26.1 Å². The van der Waals surface area contributed by atoms with Crippen molar-refractivity contribution in [1.82, 2.24) is 19.9 Å². The Morgan fingerprint density at radius 1 is 1.06 bits per heavy atom. The van der Waals surface area contributed by atoms with E-state index >= 15 is 0 Å². The summed E-state index contributed by atoms with van der Waals surface area (Å²) < 4.78 is 25.7. The average Bonchev–Trinajstić information content (AvgIpc) is 3.18. The molecule has 4 rings (SSSR count). The number of hydrogen-bond donors (Lipinski definition) is 2. The molecule has 0 bridgehead atoms. The van der Waals surface area contributed by atoms with Gasteiger partial charge in [-0.25, -0.2) is 19.2 Å². The van der Waals surface area contributed by atoms with Crippen LogP contribution in [0.2, 0.25) is 0 Å². The second-order valence-electron chi connectivity index (χ2n) is 6.89. The monoisotopic (exact) mass is 435 g/mol. The summed E-state index contributed by atoms with van der Waals surface area (Å²) in [6, 6.07) is 14.5. The van der Waals surface area contributed by atoms with E-state index in [1.54, 1.807) is 43.6 Å². The fraction of sp³-hybridized carbons (Fsp3) is 0.174. The number of nitrogens with one attached hydrogen (secondary N) is 2. The van der Waals surface area contributed by atoms with Gasteiger partial charge >= 0.3 is 6.03 Å². The van der Waals surface area contributed by atoms with Crippen LogP contribution in [0.25, 0.3) is 22.6 Å². The van der Waals surface area contributed by atoms with Crippen molar-refractivity contribution in [3.63, 3.8) is 0 Å². The van der Waals surface area contributed by atoms with E-state index in [0.717, 1.165) is 11.1 Å². The van der Waals surface area contributed by atoms with Gasteiger partial charge in [-0.1, -0.05) is 0 Å². The summed E-state index contributed by atoms with van der Waals surface area (Å²) in [5.74, 6) is 1.43. The quantitative estimate of drug-likeness (QED) is 0.457. The Hall–Kier alpha value is -4.14. The molecule has 0 saturated carbocycles. The number of amides is 2. The molecule has 9 heteroatoms. The SMILES string of the molecule is COc1ccc(NC(=O)NCCn2c(-c3ccc(F)cc3)nc3cccnc32)cc1OC. The number of pyridine rings is 1. The second-order valence-corrected chi connectivity index (χ2v) is 6.89. The predicted molar refractivity (Wildman–Crippen MR) is 119 cm³/mol. The normalized spacial score (nSPS) is 10.7. The van der Waals surface area contributed by atoms with E-state index in [1.165, 1.54) is 19.2 Å². The highest BCUT2D eigenvalue weighted by atomic mass is 19.1. The molecule has 2 N–H and O–H groups in total. The number of benzene rings is 2. The minimum absolute atomic E-state index is 0.317. The van der Waals surface area contributed by atoms with Crippen molar-refractivity contribution in [2.45, 2.75) is 6.54 Å². The zero-order valence-electron chi connectivity index (χ0n) is 17.6. The number of methoxy groups -OCH3 is 2. The van der Waals surface area contributed by atoms with Crippen LogP contribution in [0.5, 0.6) is 11.5 Å². The van der Waals surface area contributed by atoms with Gasteiger partial charge in [0.1, 0.15) is 17.2 Å². The molecule has 2 heterocycles. The molecule has 0 spiro atoms. The van der Waals surface area contributed by atoms with Crippen LogP contribution >= 0.6 is 0 Å². The number of aromatic nitrogens is 3. The Morgan fingerprint density at radius 2 is 1.84 bits per heavy atom. The first-order valence-electron chi connectivity index (χ1n) is 9.93. The molecule has 164 valence electrons. The van der Waals surface area contributed by atoms with Gasteiger partial charge in [-0.2, -0.15) is 0 Å². The number of imidazole rings is 1. The van der Waals surface area contributed by atoms with E-state index in [4.69, 9.17) is 9.47 Å². The molecule has 0 aliphatic heterocycles. The third-order valence-corrected chi connectivity index (χ3v) is 4.87. The van der Waals surface area contributed by atoms with Gasteiger partial charge in [-0.3, -0.25) is 0 Å². The van der Waals surface area contributed by atoms with Crippen LogP contribution in [0.1, 0.15) is 0 Å². The molecular weight excluding hydrogens is 413 g/mol. The molecule has 0 aliphatic rings. The highest BCUT2D eigenvalue weighted by Crippen LogP contribution is 2.29. The van der Waals surface area contributed by atoms with Gasteiger partial charge in [0.25, 0.3) is 0 Å². The van der Waals surface area contributed by atoms with E-state index in [1.807, 2.05) is 16.7 Å². The van der Waals surface area contributed by atoms with Crippen LogP contribution in [0.15, 0.2) is 60.8 Å². The summed E-state index contributed by atoms with van der Waals surface area (Å²) >= 11 is 0. The maximum Gasteiger partial charge on any atom is 0.319 e. The average molecular weight is 435 g/mol. The first-order chi connectivity index (χ1) is 15.6. The third kappa shape index (κ3) is 4.46. The molecule has 0 fully saturated rings. The van der Waals surface area contributed by atoms with Gasteiger partial charge in [0, 0.05) is 36.6 Å². The standard InChI is InChI=1S/C23H22FN5O3/c1-31-19-10-9-17(14-20(19)32-2)27-23(30)26-12-13-29-21(15-5-7-16(24)8-6-15)28-18-4-3-11-25-22(18)29/h3-11,14H,12-13H2,1-2H3,(H2,26,27,30). The van der Waals surface area contributed by atoms with Gasteiger partial charge in [-0.05, 0) is 48.5 Å². The number of carbonyl (C=O) groups is 1. The van der Waals surface area contributed by atoms with Crippen LogP contribution in [-0.4, -0.2) is 41.3 Å². The van der Waals surface area contributed by atoms with Crippen molar-refractivity contribution in [3.8, 4) is 22.9 Å². The molecule has 32 heavy (non-hydrogen) atoms. The van der Waals surface area contributed by atoms with Crippen molar-refractivity contribution in [2.24, 2.45) is 0 Å². The minimum Gasteiger partial charge on any atom is -0.493 e. The van der Waals surface area contributed by atoms with E-state index in [0.29, 0.717) is 41.7 Å². The summed E-state index contributed by atoms with van der Waals surface area (Å²) in [5.41, 5.74) is 2.75. The summed E-state index contributed by atoms with van der Waals surface area (Å²) in [5, 5.41) is 5.60. The van der Waals surface area contributed by atoms with Crippen molar-refractivity contribution in [3.05, 3.63) is 66.6 Å². The summed E-state index contributed by atoms with van der Waals surface area (Å²) in [6.45, 7) is 0.759. The smallest absolute Gasteiger partial charge is 0.319 e. The predicted octanol–water partition coefficient (Wildman–Crippen LogP) is 4.08. The lowest BCUT2D eigenvalue weighted by Gasteiger charge is -2.12. The van der Waals surface area contributed by atoms with Crippen molar-refractivity contribution < 1.29 is 18.7 Å². The Kier molecular flexibility index (Phi) is 6.16. The lowest BCUT2D eigenvalue weighted by molar-refractivity contribution is 0.251. The Bertz CT molecular complexity index is 1240. The van der Waals surface area contributed by atoms with E-state index in [-0.39, 0.29) is 11.8 Å². The molecular formula is C23H22FN5O3. The number of urea groups is 1. The van der Waals surface area contributed by atoms with Crippen LogP contribution in [-0.2, 0) is 6.54 Å². The number of nitrogens with zero attached hydrogens (tertiary/aromatic N) is 3. The van der Waals surface area contributed by atoms with Crippen molar-refractivity contribution >= 4 is 22.9 Å². The van der Waals surface area contributed by atoms with E-state index < -0.39 is 0 Å².